The van der Waals surface area contributed by atoms with E-state index in [0.717, 1.165) is 12.1 Å². The molecule has 0 radical (unpaired) electrons. The molecule has 6 nitrogen and oxygen atoms in total. The van der Waals surface area contributed by atoms with Gasteiger partial charge in [0.1, 0.15) is 11.3 Å². The van der Waals surface area contributed by atoms with Crippen LogP contribution >= 0.6 is 0 Å². The first-order chi connectivity index (χ1) is 10.8. The summed E-state index contributed by atoms with van der Waals surface area (Å²) in [5.74, 6) is -2.07. The molecule has 0 aromatic carbocycles. The van der Waals surface area contributed by atoms with Gasteiger partial charge >= 0.3 is 12.1 Å². The van der Waals surface area contributed by atoms with Gasteiger partial charge in [0, 0.05) is 7.05 Å². The number of carbonyl (C=O) groups is 1. The third-order valence-corrected chi connectivity index (χ3v) is 2.85. The van der Waals surface area contributed by atoms with Gasteiger partial charge in [-0.05, 0) is 19.1 Å². The Kier molecular flexibility index (Phi) is 4.52. The lowest BCUT2D eigenvalue weighted by Crippen LogP contribution is -2.15. The van der Waals surface area contributed by atoms with Crippen molar-refractivity contribution in [1.29, 1.82) is 0 Å². The van der Waals surface area contributed by atoms with Gasteiger partial charge in [-0.2, -0.15) is 18.3 Å². The highest BCUT2D eigenvalue weighted by molar-refractivity contribution is 5.97. The standard InChI is InChI=1S/C13H12F4N4O2/c1-3-23-12(22)8-9(20-21-10(8)13(15,16)17)7-5-4-6(14)11(18-2)19-7/h4-5H,3H2,1-2H3,(H,18,19)(H,20,21). The molecule has 0 atom stereocenters. The molecule has 0 aliphatic carbocycles. The van der Waals surface area contributed by atoms with Crippen molar-refractivity contribution in [1.82, 2.24) is 15.2 Å². The number of esters is 1. The van der Waals surface area contributed by atoms with Crippen LogP contribution in [0.1, 0.15) is 23.0 Å². The summed E-state index contributed by atoms with van der Waals surface area (Å²) in [6.07, 6.45) is -4.83. The van der Waals surface area contributed by atoms with Gasteiger partial charge in [0.05, 0.1) is 12.3 Å². The van der Waals surface area contributed by atoms with E-state index >= 15 is 0 Å². The number of hydrogen-bond acceptors (Lipinski definition) is 5. The van der Waals surface area contributed by atoms with E-state index in [1.807, 2.05) is 0 Å². The molecule has 23 heavy (non-hydrogen) atoms. The largest absolute Gasteiger partial charge is 0.462 e. The maximum absolute atomic E-state index is 13.4. The van der Waals surface area contributed by atoms with Crippen molar-refractivity contribution in [2.75, 3.05) is 19.0 Å². The van der Waals surface area contributed by atoms with E-state index in [9.17, 15) is 22.4 Å². The van der Waals surface area contributed by atoms with Crippen molar-refractivity contribution < 1.29 is 27.1 Å². The Balaban J connectivity index is 2.63. The van der Waals surface area contributed by atoms with Crippen molar-refractivity contribution >= 4 is 11.8 Å². The molecule has 0 saturated heterocycles. The van der Waals surface area contributed by atoms with Crippen molar-refractivity contribution in [3.8, 4) is 11.4 Å². The molecule has 0 bridgehead atoms. The topological polar surface area (TPSA) is 79.9 Å². The highest BCUT2D eigenvalue weighted by atomic mass is 19.4. The van der Waals surface area contributed by atoms with Crippen molar-refractivity contribution in [2.45, 2.75) is 13.1 Å². The van der Waals surface area contributed by atoms with Gasteiger partial charge in [0.2, 0.25) is 0 Å². The Hall–Kier alpha value is -2.65. The van der Waals surface area contributed by atoms with Crippen LogP contribution < -0.4 is 5.32 Å². The number of aromatic nitrogens is 3. The van der Waals surface area contributed by atoms with E-state index in [0.29, 0.717) is 0 Å². The van der Waals surface area contributed by atoms with Crippen LogP contribution in [0.3, 0.4) is 0 Å². The number of aromatic amines is 1. The molecule has 0 aliphatic rings. The molecular weight excluding hydrogens is 320 g/mol. The van der Waals surface area contributed by atoms with Crippen LogP contribution in [0.2, 0.25) is 0 Å². The minimum atomic E-state index is -4.83. The van der Waals surface area contributed by atoms with E-state index in [2.05, 4.69) is 20.1 Å². The first kappa shape index (κ1) is 16.7. The summed E-state index contributed by atoms with van der Waals surface area (Å²) in [6.45, 7) is 1.35. The molecular formula is C13H12F4N4O2. The number of rotatable bonds is 4. The Labute approximate surface area is 127 Å². The monoisotopic (exact) mass is 332 g/mol. The lowest BCUT2D eigenvalue weighted by atomic mass is 10.1. The lowest BCUT2D eigenvalue weighted by Gasteiger charge is -2.08. The number of nitrogens with zero attached hydrogens (tertiary/aromatic N) is 2. The second-order valence-corrected chi connectivity index (χ2v) is 4.32. The molecule has 2 N–H and O–H groups in total. The number of alkyl halides is 3. The highest BCUT2D eigenvalue weighted by Gasteiger charge is 2.40. The number of pyridine rings is 1. The molecule has 0 aliphatic heterocycles. The lowest BCUT2D eigenvalue weighted by molar-refractivity contribution is -0.141. The van der Waals surface area contributed by atoms with E-state index in [1.54, 1.807) is 5.10 Å². The molecule has 2 heterocycles. The van der Waals surface area contributed by atoms with Gasteiger partial charge in [-0.1, -0.05) is 0 Å². The van der Waals surface area contributed by atoms with Crippen molar-refractivity contribution in [2.24, 2.45) is 0 Å². The number of carbonyl (C=O) groups excluding carboxylic acids is 1. The molecule has 124 valence electrons. The average molecular weight is 332 g/mol. The number of nitrogens with one attached hydrogen (secondary N) is 2. The fourth-order valence-corrected chi connectivity index (χ4v) is 1.88. The molecule has 0 fully saturated rings. The van der Waals surface area contributed by atoms with Crippen LogP contribution in [-0.2, 0) is 10.9 Å². The van der Waals surface area contributed by atoms with Crippen LogP contribution in [0, 0.1) is 5.82 Å². The summed E-state index contributed by atoms with van der Waals surface area (Å²) in [7, 11) is 1.40. The maximum atomic E-state index is 13.4. The van der Waals surface area contributed by atoms with Crippen LogP contribution in [0.4, 0.5) is 23.4 Å². The van der Waals surface area contributed by atoms with Gasteiger partial charge in [-0.25, -0.2) is 14.2 Å². The van der Waals surface area contributed by atoms with Crippen LogP contribution in [0.25, 0.3) is 11.4 Å². The second kappa shape index (κ2) is 6.23. The molecule has 0 spiro atoms. The predicted octanol–water partition coefficient (Wildman–Crippen LogP) is 2.85. The zero-order valence-corrected chi connectivity index (χ0v) is 12.1. The summed E-state index contributed by atoms with van der Waals surface area (Å²) in [5.41, 5.74) is -2.61. The quantitative estimate of drug-likeness (QED) is 0.665. The van der Waals surface area contributed by atoms with E-state index in [-0.39, 0.29) is 23.8 Å². The molecule has 10 heteroatoms. The minimum Gasteiger partial charge on any atom is -0.462 e. The van der Waals surface area contributed by atoms with Crippen LogP contribution in [-0.4, -0.2) is 34.8 Å². The van der Waals surface area contributed by atoms with Gasteiger partial charge < -0.3 is 10.1 Å². The smallest absolute Gasteiger partial charge is 0.433 e. The fraction of sp³-hybridized carbons (Fsp3) is 0.308. The Morgan fingerprint density at radius 2 is 2.09 bits per heavy atom. The summed E-state index contributed by atoms with van der Waals surface area (Å²) in [6, 6.07) is 2.13. The highest BCUT2D eigenvalue weighted by Crippen LogP contribution is 2.35. The van der Waals surface area contributed by atoms with E-state index in [4.69, 9.17) is 0 Å². The third-order valence-electron chi connectivity index (χ3n) is 2.85. The Morgan fingerprint density at radius 3 is 2.65 bits per heavy atom. The first-order valence-electron chi connectivity index (χ1n) is 6.47. The zero-order valence-electron chi connectivity index (χ0n) is 12.1. The van der Waals surface area contributed by atoms with E-state index < -0.39 is 29.2 Å². The summed E-state index contributed by atoms with van der Waals surface area (Å²) >= 11 is 0. The summed E-state index contributed by atoms with van der Waals surface area (Å²) in [4.78, 5) is 15.7. The van der Waals surface area contributed by atoms with Crippen molar-refractivity contribution in [3.05, 3.63) is 29.2 Å². The van der Waals surface area contributed by atoms with Gasteiger partial charge in [0.25, 0.3) is 0 Å². The number of anilines is 1. The Bertz CT molecular complexity index is 727. The second-order valence-electron chi connectivity index (χ2n) is 4.32. The molecule has 0 amide bonds. The van der Waals surface area contributed by atoms with Gasteiger partial charge in [-0.15, -0.1) is 0 Å². The Morgan fingerprint density at radius 1 is 1.39 bits per heavy atom. The number of H-pyrrole nitrogens is 1. The third kappa shape index (κ3) is 3.25. The summed E-state index contributed by atoms with van der Waals surface area (Å²) < 4.78 is 57.1. The first-order valence-corrected chi connectivity index (χ1v) is 6.47. The minimum absolute atomic E-state index is 0.106. The van der Waals surface area contributed by atoms with Crippen LogP contribution in [0.15, 0.2) is 12.1 Å². The summed E-state index contributed by atoms with van der Waals surface area (Å²) in [5, 5.41) is 7.73. The molecule has 2 rings (SSSR count). The number of hydrogen-bond donors (Lipinski definition) is 2. The molecule has 0 unspecified atom stereocenters. The van der Waals surface area contributed by atoms with Crippen molar-refractivity contribution in [3.63, 3.8) is 0 Å². The molecule has 0 saturated carbocycles. The van der Waals surface area contributed by atoms with Gasteiger partial charge in [-0.3, -0.25) is 5.10 Å². The zero-order chi connectivity index (χ0) is 17.2. The molecule has 2 aromatic heterocycles. The normalized spacial score (nSPS) is 11.4. The fourth-order valence-electron chi connectivity index (χ4n) is 1.88. The maximum Gasteiger partial charge on any atom is 0.433 e. The molecule has 2 aromatic rings. The number of ether oxygens (including phenoxy) is 1. The van der Waals surface area contributed by atoms with Gasteiger partial charge in [0.15, 0.2) is 17.3 Å². The average Bonchev–Trinajstić information content (AvgIpc) is 2.93. The predicted molar refractivity (Wildman–Crippen MR) is 72.3 cm³/mol. The van der Waals surface area contributed by atoms with Crippen LogP contribution in [0.5, 0.6) is 0 Å². The number of halogens is 4. The van der Waals surface area contributed by atoms with E-state index in [1.165, 1.54) is 14.0 Å². The SMILES string of the molecule is CCOC(=O)c1c(-c2ccc(F)c(NC)n2)n[nH]c1C(F)(F)F.